The summed E-state index contributed by atoms with van der Waals surface area (Å²) in [6, 6.07) is 0. The Bertz CT molecular complexity index is 646. The van der Waals surface area contributed by atoms with E-state index in [4.69, 9.17) is 4.74 Å². The summed E-state index contributed by atoms with van der Waals surface area (Å²) in [6.45, 7) is 12.1. The van der Waals surface area contributed by atoms with E-state index in [2.05, 4.69) is 27.4 Å². The van der Waals surface area contributed by atoms with Crippen molar-refractivity contribution in [2.45, 2.75) is 65.4 Å². The van der Waals surface area contributed by atoms with Crippen molar-refractivity contribution in [3.8, 4) is 0 Å². The topological polar surface area (TPSA) is 63.6 Å². The van der Waals surface area contributed by atoms with Crippen LogP contribution in [0.2, 0.25) is 0 Å². The molecule has 24 heavy (non-hydrogen) atoms. The predicted octanol–water partition coefficient (Wildman–Crippen LogP) is 4.11. The summed E-state index contributed by atoms with van der Waals surface area (Å²) < 4.78 is 5.96. The Morgan fingerprint density at radius 3 is 2.50 bits per heavy atom. The highest BCUT2D eigenvalue weighted by atomic mass is 16.6. The van der Waals surface area contributed by atoms with Crippen LogP contribution in [-0.2, 0) is 14.3 Å². The van der Waals surface area contributed by atoms with Gasteiger partial charge in [-0.05, 0) is 31.1 Å². The zero-order chi connectivity index (χ0) is 18.0. The molecule has 1 aliphatic heterocycles. The molecule has 4 nitrogen and oxygen atoms in total. The van der Waals surface area contributed by atoms with Crippen LogP contribution in [-0.4, -0.2) is 22.6 Å². The van der Waals surface area contributed by atoms with E-state index in [9.17, 15) is 14.7 Å². The van der Waals surface area contributed by atoms with Crippen molar-refractivity contribution >= 4 is 11.9 Å². The summed E-state index contributed by atoms with van der Waals surface area (Å²) >= 11 is 0. The van der Waals surface area contributed by atoms with Crippen LogP contribution in [0.25, 0.3) is 0 Å². The third-order valence-electron chi connectivity index (χ3n) is 6.99. The van der Waals surface area contributed by atoms with Crippen molar-refractivity contribution in [1.29, 1.82) is 0 Å². The van der Waals surface area contributed by atoms with Crippen molar-refractivity contribution in [3.05, 3.63) is 24.3 Å². The molecule has 2 fully saturated rings. The van der Waals surface area contributed by atoms with E-state index in [1.165, 1.54) is 0 Å². The number of carbonyl (C=O) groups is 2. The Kier molecular flexibility index (Phi) is 3.57. The smallest absolute Gasteiger partial charge is 0.335 e. The minimum Gasteiger partial charge on any atom is -0.478 e. The molecule has 1 saturated carbocycles. The number of aliphatic carboxylic acids is 1. The molecule has 2 aliphatic carbocycles. The van der Waals surface area contributed by atoms with E-state index in [1.54, 1.807) is 12.2 Å². The summed E-state index contributed by atoms with van der Waals surface area (Å²) in [4.78, 5) is 24.9. The second-order valence-corrected chi connectivity index (χ2v) is 9.01. The van der Waals surface area contributed by atoms with Gasteiger partial charge in [0.1, 0.15) is 5.60 Å². The first-order valence-corrected chi connectivity index (χ1v) is 8.84. The number of esters is 1. The molecular weight excluding hydrogens is 304 g/mol. The van der Waals surface area contributed by atoms with Gasteiger partial charge in [0.15, 0.2) is 0 Å². The fraction of sp³-hybridized carbons (Fsp3) is 0.700. The van der Waals surface area contributed by atoms with Crippen LogP contribution in [0.15, 0.2) is 24.3 Å². The normalized spacial score (nSPS) is 43.8. The molecule has 3 rings (SSSR count). The lowest BCUT2D eigenvalue weighted by Gasteiger charge is -2.52. The van der Waals surface area contributed by atoms with Gasteiger partial charge in [0, 0.05) is 10.8 Å². The van der Waals surface area contributed by atoms with E-state index in [0.29, 0.717) is 6.42 Å². The molecule has 1 saturated heterocycles. The Labute approximate surface area is 144 Å². The average Bonchev–Trinajstić information content (AvgIpc) is 2.70. The molecule has 0 aromatic carbocycles. The lowest BCUT2D eigenvalue weighted by molar-refractivity contribution is -0.154. The zero-order valence-corrected chi connectivity index (χ0v) is 15.1. The highest BCUT2D eigenvalue weighted by Gasteiger charge is 2.71. The van der Waals surface area contributed by atoms with Gasteiger partial charge in [-0.15, -0.1) is 6.58 Å². The SMILES string of the molecule is C=CC1(C)C=C(C(=O)O)C2(CC1)OC(=O)C1C(C)(C)CCCC12C. The van der Waals surface area contributed by atoms with Crippen molar-refractivity contribution < 1.29 is 19.4 Å². The molecule has 1 N–H and O–H groups in total. The van der Waals surface area contributed by atoms with Gasteiger partial charge in [-0.2, -0.15) is 0 Å². The second-order valence-electron chi connectivity index (χ2n) is 9.01. The van der Waals surface area contributed by atoms with Crippen LogP contribution < -0.4 is 0 Å². The third kappa shape index (κ3) is 2.04. The number of hydrogen-bond donors (Lipinski definition) is 1. The fourth-order valence-corrected chi connectivity index (χ4v) is 5.62. The average molecular weight is 332 g/mol. The number of rotatable bonds is 2. The van der Waals surface area contributed by atoms with Gasteiger partial charge in [-0.1, -0.05) is 46.3 Å². The van der Waals surface area contributed by atoms with Gasteiger partial charge in [0.25, 0.3) is 0 Å². The highest BCUT2D eigenvalue weighted by molar-refractivity contribution is 5.92. The van der Waals surface area contributed by atoms with Crippen molar-refractivity contribution in [1.82, 2.24) is 0 Å². The number of carboxylic acid groups (broad SMARTS) is 1. The van der Waals surface area contributed by atoms with Gasteiger partial charge in [0.2, 0.25) is 0 Å². The molecule has 0 radical (unpaired) electrons. The molecule has 3 aliphatic rings. The first-order chi connectivity index (χ1) is 11.0. The number of ether oxygens (including phenoxy) is 1. The molecule has 0 aromatic rings. The van der Waals surface area contributed by atoms with Gasteiger partial charge in [0.05, 0.1) is 11.5 Å². The number of fused-ring (bicyclic) bond motifs is 2. The minimum absolute atomic E-state index is 0.170. The monoisotopic (exact) mass is 332 g/mol. The number of hydrogen-bond acceptors (Lipinski definition) is 3. The summed E-state index contributed by atoms with van der Waals surface area (Å²) in [5, 5.41) is 9.92. The molecule has 4 heteroatoms. The number of carbonyl (C=O) groups excluding carboxylic acids is 1. The molecule has 4 atom stereocenters. The van der Waals surface area contributed by atoms with E-state index >= 15 is 0 Å². The summed E-state index contributed by atoms with van der Waals surface area (Å²) in [6.07, 6.45) is 7.63. The summed E-state index contributed by atoms with van der Waals surface area (Å²) in [5.74, 6) is -1.47. The predicted molar refractivity (Wildman–Crippen MR) is 91.3 cm³/mol. The highest BCUT2D eigenvalue weighted by Crippen LogP contribution is 2.66. The van der Waals surface area contributed by atoms with Crippen molar-refractivity contribution in [3.63, 3.8) is 0 Å². The van der Waals surface area contributed by atoms with E-state index < -0.39 is 17.0 Å². The van der Waals surface area contributed by atoms with E-state index in [0.717, 1.165) is 25.7 Å². The maximum Gasteiger partial charge on any atom is 0.335 e. The molecular formula is C20H28O4. The van der Waals surface area contributed by atoms with Crippen LogP contribution in [0.3, 0.4) is 0 Å². The van der Waals surface area contributed by atoms with Crippen LogP contribution in [0.4, 0.5) is 0 Å². The first kappa shape index (κ1) is 17.2. The quantitative estimate of drug-likeness (QED) is 0.610. The molecule has 0 amide bonds. The van der Waals surface area contributed by atoms with Gasteiger partial charge < -0.3 is 9.84 Å². The van der Waals surface area contributed by atoms with Crippen LogP contribution in [0.1, 0.15) is 59.8 Å². The lowest BCUT2D eigenvalue weighted by atomic mass is 9.49. The van der Waals surface area contributed by atoms with Crippen molar-refractivity contribution in [2.24, 2.45) is 22.2 Å². The Morgan fingerprint density at radius 1 is 1.25 bits per heavy atom. The van der Waals surface area contributed by atoms with Gasteiger partial charge in [-0.25, -0.2) is 4.79 Å². The van der Waals surface area contributed by atoms with E-state index in [1.807, 2.05) is 6.92 Å². The fourth-order valence-electron chi connectivity index (χ4n) is 5.62. The first-order valence-electron chi connectivity index (χ1n) is 8.84. The second kappa shape index (κ2) is 4.96. The van der Waals surface area contributed by atoms with Crippen LogP contribution in [0, 0.1) is 22.2 Å². The zero-order valence-electron chi connectivity index (χ0n) is 15.1. The number of carboxylic acids is 1. The minimum atomic E-state index is -1.01. The Balaban J connectivity index is 2.20. The summed E-state index contributed by atoms with van der Waals surface area (Å²) in [5.41, 5.74) is -1.79. The van der Waals surface area contributed by atoms with Gasteiger partial charge in [-0.3, -0.25) is 4.79 Å². The molecule has 1 spiro atoms. The van der Waals surface area contributed by atoms with E-state index in [-0.39, 0.29) is 28.3 Å². The van der Waals surface area contributed by atoms with Crippen molar-refractivity contribution in [2.75, 3.05) is 0 Å². The molecule has 0 aromatic heterocycles. The van der Waals surface area contributed by atoms with Crippen LogP contribution in [0.5, 0.6) is 0 Å². The Morgan fingerprint density at radius 2 is 1.92 bits per heavy atom. The van der Waals surface area contributed by atoms with Gasteiger partial charge >= 0.3 is 11.9 Å². The lowest BCUT2D eigenvalue weighted by Crippen LogP contribution is -2.55. The third-order valence-corrected chi connectivity index (χ3v) is 6.99. The maximum absolute atomic E-state index is 12.8. The maximum atomic E-state index is 12.8. The number of allylic oxidation sites excluding steroid dienone is 2. The Hall–Kier alpha value is -1.58. The summed E-state index contributed by atoms with van der Waals surface area (Å²) in [7, 11) is 0. The molecule has 0 bridgehead atoms. The largest absolute Gasteiger partial charge is 0.478 e. The van der Waals surface area contributed by atoms with Crippen LogP contribution >= 0.6 is 0 Å². The molecule has 132 valence electrons. The molecule has 1 heterocycles. The standard InChI is InChI=1S/C20H28O4/c1-6-18(4)10-11-20(13(12-18)15(21)22)19(5)9-7-8-17(2,3)14(19)16(23)24-20/h6,12,14H,1,7-11H2,2-5H3,(H,21,22). The molecule has 4 unspecified atom stereocenters.